The van der Waals surface area contributed by atoms with Gasteiger partial charge in [0.15, 0.2) is 0 Å². The fourth-order valence-electron chi connectivity index (χ4n) is 3.39. The van der Waals surface area contributed by atoms with Crippen molar-refractivity contribution in [1.29, 1.82) is 0 Å². The summed E-state index contributed by atoms with van der Waals surface area (Å²) in [7, 11) is 0. The summed E-state index contributed by atoms with van der Waals surface area (Å²) < 4.78 is 0. The van der Waals surface area contributed by atoms with Gasteiger partial charge in [-0.25, -0.2) is 0 Å². The summed E-state index contributed by atoms with van der Waals surface area (Å²) in [4.78, 5) is 20.8. The first-order valence-electron chi connectivity index (χ1n) is 8.77. The number of aromatic nitrogens is 1. The number of amides is 1. The molecule has 1 fully saturated rings. The van der Waals surface area contributed by atoms with Gasteiger partial charge in [0.2, 0.25) is 5.91 Å². The molecule has 2 heterocycles. The summed E-state index contributed by atoms with van der Waals surface area (Å²) in [5.41, 5.74) is 8.91. The lowest BCUT2D eigenvalue weighted by Gasteiger charge is -2.38. The third-order valence-corrected chi connectivity index (χ3v) is 4.87. The highest BCUT2D eigenvalue weighted by Crippen LogP contribution is 2.28. The first-order chi connectivity index (χ1) is 11.6. The Morgan fingerprint density at radius 3 is 2.62 bits per heavy atom. The van der Waals surface area contributed by atoms with Crippen molar-refractivity contribution in [2.45, 2.75) is 32.7 Å². The molecule has 24 heavy (non-hydrogen) atoms. The number of hydrogen-bond donors (Lipinski definition) is 1. The lowest BCUT2D eigenvalue weighted by atomic mass is 10.1. The van der Waals surface area contributed by atoms with Crippen LogP contribution in [0.1, 0.15) is 26.0 Å². The number of para-hydroxylation sites is 1. The van der Waals surface area contributed by atoms with Gasteiger partial charge in [-0.3, -0.25) is 14.7 Å². The maximum absolute atomic E-state index is 11.4. The second-order valence-corrected chi connectivity index (χ2v) is 6.50. The van der Waals surface area contributed by atoms with Crippen LogP contribution in [0.4, 0.5) is 5.69 Å². The third kappa shape index (κ3) is 3.36. The van der Waals surface area contributed by atoms with Crippen LogP contribution in [0.3, 0.4) is 0 Å². The van der Waals surface area contributed by atoms with Gasteiger partial charge in [-0.05, 0) is 25.5 Å². The van der Waals surface area contributed by atoms with Gasteiger partial charge in [-0.15, -0.1) is 0 Å². The van der Waals surface area contributed by atoms with Crippen molar-refractivity contribution < 1.29 is 4.79 Å². The molecule has 5 nitrogen and oxygen atoms in total. The molecule has 3 rings (SSSR count). The molecule has 5 heteroatoms. The van der Waals surface area contributed by atoms with E-state index in [1.165, 1.54) is 11.1 Å². The Kier molecular flexibility index (Phi) is 5.00. The predicted molar refractivity (Wildman–Crippen MR) is 98.2 cm³/mol. The van der Waals surface area contributed by atoms with Crippen molar-refractivity contribution in [2.24, 2.45) is 5.73 Å². The number of carbonyl (C=O) groups is 1. The van der Waals surface area contributed by atoms with Crippen molar-refractivity contribution in [3.05, 3.63) is 36.0 Å². The molecule has 0 radical (unpaired) electrons. The molecule has 1 aromatic carbocycles. The molecule has 128 valence electrons. The van der Waals surface area contributed by atoms with Gasteiger partial charge in [0.05, 0.1) is 11.6 Å². The first-order valence-corrected chi connectivity index (χ1v) is 8.77. The summed E-state index contributed by atoms with van der Waals surface area (Å²) in [5, 5.41) is 1.20. The number of fused-ring (bicyclic) bond motifs is 1. The van der Waals surface area contributed by atoms with E-state index < -0.39 is 0 Å². The summed E-state index contributed by atoms with van der Waals surface area (Å²) in [6.07, 6.45) is 2.09. The molecular weight excluding hydrogens is 300 g/mol. The highest BCUT2D eigenvalue weighted by Gasteiger charge is 2.25. The van der Waals surface area contributed by atoms with Crippen molar-refractivity contribution in [3.63, 3.8) is 0 Å². The number of aryl methyl sites for hydroxylation is 1. The topological polar surface area (TPSA) is 62.5 Å². The largest absolute Gasteiger partial charge is 0.368 e. The van der Waals surface area contributed by atoms with Crippen molar-refractivity contribution in [3.8, 4) is 0 Å². The maximum atomic E-state index is 11.4. The van der Waals surface area contributed by atoms with E-state index in [-0.39, 0.29) is 11.9 Å². The number of pyridine rings is 1. The van der Waals surface area contributed by atoms with E-state index >= 15 is 0 Å². The molecule has 1 amide bonds. The molecule has 2 aromatic rings. The van der Waals surface area contributed by atoms with Crippen molar-refractivity contribution in [2.75, 3.05) is 31.1 Å². The second kappa shape index (κ2) is 7.18. The Morgan fingerprint density at radius 2 is 1.96 bits per heavy atom. The predicted octanol–water partition coefficient (Wildman–Crippen LogP) is 2.18. The van der Waals surface area contributed by atoms with Crippen LogP contribution in [-0.4, -0.2) is 48.0 Å². The van der Waals surface area contributed by atoms with Gasteiger partial charge in [-0.2, -0.15) is 0 Å². The van der Waals surface area contributed by atoms with Crippen molar-refractivity contribution in [1.82, 2.24) is 9.88 Å². The van der Waals surface area contributed by atoms with E-state index in [1.807, 2.05) is 13.0 Å². The normalized spacial score (nSPS) is 17.2. The number of carbonyl (C=O) groups excluding carboxylic acids is 1. The summed E-state index contributed by atoms with van der Waals surface area (Å²) in [5.74, 6) is -0.247. The molecule has 1 aromatic heterocycles. The minimum Gasteiger partial charge on any atom is -0.368 e. The minimum atomic E-state index is -0.247. The lowest BCUT2D eigenvalue weighted by molar-refractivity contribution is -0.122. The zero-order chi connectivity index (χ0) is 17.1. The van der Waals surface area contributed by atoms with E-state index in [9.17, 15) is 4.79 Å². The molecule has 1 unspecified atom stereocenters. The molecule has 0 spiro atoms. The Morgan fingerprint density at radius 1 is 1.25 bits per heavy atom. The van der Waals surface area contributed by atoms with E-state index in [1.54, 1.807) is 0 Å². The first kappa shape index (κ1) is 16.7. The Bertz CT molecular complexity index is 722. The average molecular weight is 326 g/mol. The summed E-state index contributed by atoms with van der Waals surface area (Å²) in [6.45, 7) is 7.57. The molecule has 2 N–H and O–H groups in total. The highest BCUT2D eigenvalue weighted by atomic mass is 16.1. The number of nitrogens with zero attached hydrogens (tertiary/aromatic N) is 3. The highest BCUT2D eigenvalue weighted by molar-refractivity contribution is 5.92. The standard InChI is InChI=1S/C19H26N4O/c1-3-6-15-13-18(16-7-4-5-8-17(16)21-15)23-11-9-22(10-12-23)14(2)19(20)24/h4-5,7-8,13-14H,3,6,9-12H2,1-2H3,(H2,20,24). The Hall–Kier alpha value is -2.14. The monoisotopic (exact) mass is 326 g/mol. The van der Waals surface area contributed by atoms with E-state index in [4.69, 9.17) is 10.7 Å². The van der Waals surface area contributed by atoms with Crippen LogP contribution in [0.15, 0.2) is 30.3 Å². The average Bonchev–Trinajstić information content (AvgIpc) is 2.61. The van der Waals surface area contributed by atoms with E-state index in [2.05, 4.69) is 41.0 Å². The van der Waals surface area contributed by atoms with Crippen LogP contribution >= 0.6 is 0 Å². The van der Waals surface area contributed by atoms with Gasteiger partial charge in [0, 0.05) is 42.9 Å². The molecule has 1 aliphatic rings. The van der Waals surface area contributed by atoms with Crippen LogP contribution < -0.4 is 10.6 Å². The van der Waals surface area contributed by atoms with Crippen LogP contribution in [0.25, 0.3) is 10.9 Å². The fourth-order valence-corrected chi connectivity index (χ4v) is 3.39. The number of piperazine rings is 1. The number of nitrogens with two attached hydrogens (primary N) is 1. The van der Waals surface area contributed by atoms with Gasteiger partial charge in [-0.1, -0.05) is 31.5 Å². The van der Waals surface area contributed by atoms with E-state index in [0.29, 0.717) is 0 Å². The zero-order valence-corrected chi connectivity index (χ0v) is 14.5. The van der Waals surface area contributed by atoms with Crippen LogP contribution in [0.5, 0.6) is 0 Å². The number of benzene rings is 1. The molecular formula is C19H26N4O. The fraction of sp³-hybridized carbons (Fsp3) is 0.474. The summed E-state index contributed by atoms with van der Waals surface area (Å²) in [6, 6.07) is 10.4. The minimum absolute atomic E-state index is 0.197. The molecule has 0 aliphatic carbocycles. The van der Waals surface area contributed by atoms with Gasteiger partial charge in [0.25, 0.3) is 0 Å². The smallest absolute Gasteiger partial charge is 0.234 e. The molecule has 0 saturated carbocycles. The molecule has 1 aliphatic heterocycles. The molecule has 0 bridgehead atoms. The summed E-state index contributed by atoms with van der Waals surface area (Å²) >= 11 is 0. The SMILES string of the molecule is CCCc1cc(N2CCN(C(C)C(N)=O)CC2)c2ccccc2n1. The molecule has 1 saturated heterocycles. The van der Waals surface area contributed by atoms with Crippen molar-refractivity contribution >= 4 is 22.5 Å². The number of primary amides is 1. The second-order valence-electron chi connectivity index (χ2n) is 6.50. The van der Waals surface area contributed by atoms with Gasteiger partial charge >= 0.3 is 0 Å². The van der Waals surface area contributed by atoms with E-state index in [0.717, 1.165) is 50.2 Å². The quantitative estimate of drug-likeness (QED) is 0.915. The molecule has 1 atom stereocenters. The Balaban J connectivity index is 1.86. The van der Waals surface area contributed by atoms with Gasteiger partial charge < -0.3 is 10.6 Å². The Labute approximate surface area is 143 Å². The number of hydrogen-bond acceptors (Lipinski definition) is 4. The maximum Gasteiger partial charge on any atom is 0.234 e. The van der Waals surface area contributed by atoms with Crippen LogP contribution in [0, 0.1) is 0 Å². The number of anilines is 1. The number of rotatable bonds is 5. The lowest BCUT2D eigenvalue weighted by Crippen LogP contribution is -2.53. The zero-order valence-electron chi connectivity index (χ0n) is 14.5. The third-order valence-electron chi connectivity index (χ3n) is 4.87. The van der Waals surface area contributed by atoms with Crippen LogP contribution in [-0.2, 0) is 11.2 Å². The van der Waals surface area contributed by atoms with Crippen LogP contribution in [0.2, 0.25) is 0 Å². The van der Waals surface area contributed by atoms with Gasteiger partial charge in [0.1, 0.15) is 0 Å².